The van der Waals surface area contributed by atoms with E-state index in [-0.39, 0.29) is 0 Å². The predicted octanol–water partition coefficient (Wildman–Crippen LogP) is 1.67. The predicted molar refractivity (Wildman–Crippen MR) is 102 cm³/mol. The fraction of sp³-hybridized carbons (Fsp3) is 0.263. The van der Waals surface area contributed by atoms with Gasteiger partial charge in [-0.25, -0.2) is 0 Å². The van der Waals surface area contributed by atoms with Crippen molar-refractivity contribution in [1.29, 1.82) is 0 Å². The molecule has 0 saturated carbocycles. The van der Waals surface area contributed by atoms with Gasteiger partial charge in [-0.2, -0.15) is 0 Å². The van der Waals surface area contributed by atoms with Crippen molar-refractivity contribution < 1.29 is 14.3 Å². The van der Waals surface area contributed by atoms with Gasteiger partial charge >= 0.3 is 0 Å². The van der Waals surface area contributed by atoms with Crippen LogP contribution in [-0.2, 0) is 13.1 Å². The molecule has 2 aromatic carbocycles. The first-order chi connectivity index (χ1) is 12.6. The van der Waals surface area contributed by atoms with E-state index < -0.39 is 5.91 Å². The highest BCUT2D eigenvalue weighted by Crippen LogP contribution is 2.24. The molecule has 0 saturated heterocycles. The lowest BCUT2D eigenvalue weighted by molar-refractivity contribution is 0.1000. The number of nitrogens with two attached hydrogens (primary N) is 1. The van der Waals surface area contributed by atoms with E-state index in [0.717, 1.165) is 22.6 Å². The number of aliphatic imine (C=N–C) groups is 1. The monoisotopic (exact) mass is 356 g/mol. The van der Waals surface area contributed by atoms with Gasteiger partial charge in [-0.3, -0.25) is 9.79 Å². The van der Waals surface area contributed by atoms with Crippen molar-refractivity contribution in [2.24, 2.45) is 10.7 Å². The van der Waals surface area contributed by atoms with Crippen LogP contribution in [0.5, 0.6) is 11.5 Å². The SMILES string of the molecule is CN=C(NCc1cccc(C(N)=O)c1)NCc1ccc(OC)cc1OC. The van der Waals surface area contributed by atoms with Gasteiger partial charge in [0.25, 0.3) is 0 Å². The van der Waals surface area contributed by atoms with E-state index in [4.69, 9.17) is 15.2 Å². The number of primary amides is 1. The molecule has 0 aliphatic rings. The van der Waals surface area contributed by atoms with Crippen LogP contribution in [0.25, 0.3) is 0 Å². The Bertz CT molecular complexity index is 790. The normalized spacial score (nSPS) is 11.0. The van der Waals surface area contributed by atoms with Crippen LogP contribution in [0.4, 0.5) is 0 Å². The summed E-state index contributed by atoms with van der Waals surface area (Å²) in [4.78, 5) is 15.5. The Labute approximate surface area is 153 Å². The largest absolute Gasteiger partial charge is 0.497 e. The number of ether oxygens (including phenoxy) is 2. The zero-order valence-corrected chi connectivity index (χ0v) is 15.2. The number of amides is 1. The molecule has 2 aromatic rings. The molecule has 0 spiro atoms. The number of benzene rings is 2. The summed E-state index contributed by atoms with van der Waals surface area (Å²) in [5.41, 5.74) is 7.71. The third-order valence-electron chi connectivity index (χ3n) is 3.84. The van der Waals surface area contributed by atoms with Gasteiger partial charge in [-0.05, 0) is 29.8 Å². The second-order valence-corrected chi connectivity index (χ2v) is 5.52. The van der Waals surface area contributed by atoms with Crippen molar-refractivity contribution in [2.75, 3.05) is 21.3 Å². The maximum atomic E-state index is 11.3. The van der Waals surface area contributed by atoms with E-state index in [9.17, 15) is 4.79 Å². The van der Waals surface area contributed by atoms with Gasteiger partial charge < -0.3 is 25.8 Å². The maximum absolute atomic E-state index is 11.3. The van der Waals surface area contributed by atoms with Gasteiger partial charge in [0.05, 0.1) is 14.2 Å². The van der Waals surface area contributed by atoms with Crippen LogP contribution in [0.1, 0.15) is 21.5 Å². The quantitative estimate of drug-likeness (QED) is 0.518. The Balaban J connectivity index is 1.96. The molecular weight excluding hydrogens is 332 g/mol. The van der Waals surface area contributed by atoms with Crippen molar-refractivity contribution >= 4 is 11.9 Å². The van der Waals surface area contributed by atoms with Gasteiger partial charge in [0.1, 0.15) is 11.5 Å². The third kappa shape index (κ3) is 5.14. The molecule has 0 aliphatic carbocycles. The second-order valence-electron chi connectivity index (χ2n) is 5.52. The molecule has 26 heavy (non-hydrogen) atoms. The van der Waals surface area contributed by atoms with Crippen molar-refractivity contribution in [3.63, 3.8) is 0 Å². The molecule has 0 aromatic heterocycles. The summed E-state index contributed by atoms with van der Waals surface area (Å²) in [5.74, 6) is 1.66. The summed E-state index contributed by atoms with van der Waals surface area (Å²) in [6.45, 7) is 1.05. The fourth-order valence-electron chi connectivity index (χ4n) is 2.42. The van der Waals surface area contributed by atoms with Crippen LogP contribution < -0.4 is 25.8 Å². The van der Waals surface area contributed by atoms with Crippen LogP contribution >= 0.6 is 0 Å². The van der Waals surface area contributed by atoms with Crippen molar-refractivity contribution in [3.8, 4) is 11.5 Å². The lowest BCUT2D eigenvalue weighted by Gasteiger charge is -2.14. The Morgan fingerprint density at radius 2 is 1.85 bits per heavy atom. The summed E-state index contributed by atoms with van der Waals surface area (Å²) in [5, 5.41) is 6.44. The van der Waals surface area contributed by atoms with Gasteiger partial charge in [-0.1, -0.05) is 12.1 Å². The van der Waals surface area contributed by atoms with Crippen molar-refractivity contribution in [3.05, 3.63) is 59.2 Å². The molecule has 7 heteroatoms. The van der Waals surface area contributed by atoms with Crippen molar-refractivity contribution in [2.45, 2.75) is 13.1 Å². The molecule has 0 aliphatic heterocycles. The zero-order valence-electron chi connectivity index (χ0n) is 15.2. The first kappa shape index (κ1) is 19.1. The van der Waals surface area contributed by atoms with Crippen molar-refractivity contribution in [1.82, 2.24) is 10.6 Å². The summed E-state index contributed by atoms with van der Waals surface area (Å²) >= 11 is 0. The number of carbonyl (C=O) groups is 1. The smallest absolute Gasteiger partial charge is 0.248 e. The molecule has 2 rings (SSSR count). The Hall–Kier alpha value is -3.22. The number of guanidine groups is 1. The molecule has 4 N–H and O–H groups in total. The second kappa shape index (κ2) is 9.31. The van der Waals surface area contributed by atoms with Gasteiger partial charge in [0.15, 0.2) is 5.96 Å². The summed E-state index contributed by atoms with van der Waals surface area (Å²) < 4.78 is 10.6. The number of nitrogens with one attached hydrogen (secondary N) is 2. The molecular formula is C19H24N4O3. The molecule has 138 valence electrons. The first-order valence-electron chi connectivity index (χ1n) is 8.11. The molecule has 7 nitrogen and oxygen atoms in total. The number of carbonyl (C=O) groups excluding carboxylic acids is 1. The Morgan fingerprint density at radius 1 is 1.08 bits per heavy atom. The van der Waals surface area contributed by atoms with E-state index in [1.54, 1.807) is 39.5 Å². The average Bonchev–Trinajstić information content (AvgIpc) is 2.68. The fourth-order valence-corrected chi connectivity index (χ4v) is 2.42. The number of nitrogens with zero attached hydrogens (tertiary/aromatic N) is 1. The molecule has 1 amide bonds. The van der Waals surface area contributed by atoms with Gasteiger partial charge in [0, 0.05) is 37.3 Å². The van der Waals surface area contributed by atoms with Crippen LogP contribution in [0.2, 0.25) is 0 Å². The summed E-state index contributed by atoms with van der Waals surface area (Å²) in [6.07, 6.45) is 0. The highest BCUT2D eigenvalue weighted by molar-refractivity contribution is 5.92. The van der Waals surface area contributed by atoms with E-state index >= 15 is 0 Å². The number of hydrogen-bond acceptors (Lipinski definition) is 4. The maximum Gasteiger partial charge on any atom is 0.248 e. The van der Waals surface area contributed by atoms with E-state index in [2.05, 4.69) is 15.6 Å². The zero-order chi connectivity index (χ0) is 18.9. The summed E-state index contributed by atoms with van der Waals surface area (Å²) in [7, 11) is 4.93. The van der Waals surface area contributed by atoms with E-state index in [0.29, 0.717) is 24.6 Å². The molecule has 0 atom stereocenters. The Morgan fingerprint density at radius 3 is 2.50 bits per heavy atom. The van der Waals surface area contributed by atoms with Gasteiger partial charge in [0.2, 0.25) is 5.91 Å². The topological polar surface area (TPSA) is 98.0 Å². The summed E-state index contributed by atoms with van der Waals surface area (Å²) in [6, 6.07) is 12.8. The lowest BCUT2D eigenvalue weighted by Crippen LogP contribution is -2.36. The van der Waals surface area contributed by atoms with E-state index in [1.807, 2.05) is 24.3 Å². The number of methoxy groups -OCH3 is 2. The van der Waals surface area contributed by atoms with Gasteiger partial charge in [-0.15, -0.1) is 0 Å². The first-order valence-corrected chi connectivity index (χ1v) is 8.11. The van der Waals surface area contributed by atoms with Crippen LogP contribution in [0.3, 0.4) is 0 Å². The minimum absolute atomic E-state index is 0.444. The molecule has 0 heterocycles. The minimum atomic E-state index is -0.444. The highest BCUT2D eigenvalue weighted by atomic mass is 16.5. The standard InChI is InChI=1S/C19H24N4O3/c1-21-19(22-11-13-5-4-6-14(9-13)18(20)24)23-12-15-7-8-16(25-2)10-17(15)26-3/h4-10H,11-12H2,1-3H3,(H2,20,24)(H2,21,22,23). The molecule has 0 bridgehead atoms. The average molecular weight is 356 g/mol. The highest BCUT2D eigenvalue weighted by Gasteiger charge is 2.07. The molecule has 0 radical (unpaired) electrons. The number of rotatable bonds is 7. The minimum Gasteiger partial charge on any atom is -0.497 e. The lowest BCUT2D eigenvalue weighted by atomic mass is 10.1. The van der Waals surface area contributed by atoms with Crippen LogP contribution in [0, 0.1) is 0 Å². The van der Waals surface area contributed by atoms with E-state index in [1.165, 1.54) is 0 Å². The molecule has 0 fully saturated rings. The Kier molecular flexibility index (Phi) is 6.84. The number of hydrogen-bond donors (Lipinski definition) is 3. The van der Waals surface area contributed by atoms with Crippen LogP contribution in [-0.4, -0.2) is 33.1 Å². The molecule has 0 unspecified atom stereocenters. The van der Waals surface area contributed by atoms with Crippen LogP contribution in [0.15, 0.2) is 47.5 Å². The third-order valence-corrected chi connectivity index (χ3v) is 3.84.